The molecular weight excluding hydrogens is 144 g/mol. The summed E-state index contributed by atoms with van der Waals surface area (Å²) in [5.41, 5.74) is 6.26. The van der Waals surface area contributed by atoms with Crippen LogP contribution in [0.1, 0.15) is 10.5 Å². The Morgan fingerprint density at radius 3 is 2.82 bits per heavy atom. The van der Waals surface area contributed by atoms with E-state index in [9.17, 15) is 4.79 Å². The van der Waals surface area contributed by atoms with E-state index in [1.54, 1.807) is 14.1 Å². The van der Waals surface area contributed by atoms with Gasteiger partial charge in [0, 0.05) is 14.1 Å². The molecule has 1 amide bonds. The maximum absolute atomic E-state index is 11.1. The SMILES string of the molecule is CNC(=O)c1c(N)cnn1C. The van der Waals surface area contributed by atoms with Crippen molar-refractivity contribution in [3.05, 3.63) is 11.9 Å². The predicted octanol–water partition coefficient (Wildman–Crippen LogP) is -0.638. The molecule has 0 atom stereocenters. The lowest BCUT2D eigenvalue weighted by Crippen LogP contribution is -2.22. The van der Waals surface area contributed by atoms with E-state index < -0.39 is 0 Å². The summed E-state index contributed by atoms with van der Waals surface area (Å²) >= 11 is 0. The summed E-state index contributed by atoms with van der Waals surface area (Å²) in [5, 5.41) is 6.29. The zero-order valence-corrected chi connectivity index (χ0v) is 6.46. The van der Waals surface area contributed by atoms with Gasteiger partial charge in [0.2, 0.25) is 0 Å². The van der Waals surface area contributed by atoms with Crippen molar-refractivity contribution in [1.29, 1.82) is 0 Å². The van der Waals surface area contributed by atoms with Gasteiger partial charge in [0.1, 0.15) is 5.69 Å². The fourth-order valence-electron chi connectivity index (χ4n) is 0.851. The van der Waals surface area contributed by atoms with E-state index in [0.717, 1.165) is 0 Å². The van der Waals surface area contributed by atoms with Gasteiger partial charge in [0.15, 0.2) is 0 Å². The average molecular weight is 154 g/mol. The Kier molecular flexibility index (Phi) is 1.80. The molecule has 0 aliphatic rings. The second-order valence-corrected chi connectivity index (χ2v) is 2.15. The second-order valence-electron chi connectivity index (χ2n) is 2.15. The molecule has 0 bridgehead atoms. The number of aryl methyl sites for hydroxylation is 1. The van der Waals surface area contributed by atoms with Crippen molar-refractivity contribution in [2.45, 2.75) is 0 Å². The van der Waals surface area contributed by atoms with Crippen molar-refractivity contribution in [1.82, 2.24) is 15.1 Å². The Morgan fingerprint density at radius 2 is 2.45 bits per heavy atom. The number of nitrogen functional groups attached to an aromatic ring is 1. The summed E-state index contributed by atoms with van der Waals surface area (Å²) in [6.45, 7) is 0. The van der Waals surface area contributed by atoms with E-state index in [0.29, 0.717) is 11.4 Å². The summed E-state index contributed by atoms with van der Waals surface area (Å²) in [7, 11) is 3.22. The van der Waals surface area contributed by atoms with Crippen LogP contribution in [0.2, 0.25) is 0 Å². The topological polar surface area (TPSA) is 72.9 Å². The van der Waals surface area contributed by atoms with Crippen molar-refractivity contribution in [2.75, 3.05) is 12.8 Å². The normalized spacial score (nSPS) is 9.64. The maximum atomic E-state index is 11.1. The van der Waals surface area contributed by atoms with Crippen LogP contribution < -0.4 is 11.1 Å². The van der Waals surface area contributed by atoms with Crippen LogP contribution >= 0.6 is 0 Å². The van der Waals surface area contributed by atoms with Gasteiger partial charge < -0.3 is 11.1 Å². The quantitative estimate of drug-likeness (QED) is 0.565. The van der Waals surface area contributed by atoms with Crippen LogP contribution in [0, 0.1) is 0 Å². The molecule has 1 aromatic rings. The van der Waals surface area contributed by atoms with E-state index in [1.807, 2.05) is 0 Å². The first-order chi connectivity index (χ1) is 5.16. The largest absolute Gasteiger partial charge is 0.396 e. The molecule has 0 fully saturated rings. The van der Waals surface area contributed by atoms with Crippen LogP contribution in [0.3, 0.4) is 0 Å². The minimum absolute atomic E-state index is 0.220. The van der Waals surface area contributed by atoms with Gasteiger partial charge >= 0.3 is 0 Å². The summed E-state index contributed by atoms with van der Waals surface area (Å²) < 4.78 is 1.44. The van der Waals surface area contributed by atoms with E-state index >= 15 is 0 Å². The Balaban J connectivity index is 3.10. The van der Waals surface area contributed by atoms with Gasteiger partial charge in [-0.3, -0.25) is 9.48 Å². The molecule has 11 heavy (non-hydrogen) atoms. The van der Waals surface area contributed by atoms with Crippen molar-refractivity contribution in [2.24, 2.45) is 7.05 Å². The molecule has 1 aromatic heterocycles. The summed E-state index contributed by atoms with van der Waals surface area (Å²) in [6, 6.07) is 0. The number of rotatable bonds is 1. The number of hydrogen-bond acceptors (Lipinski definition) is 3. The number of anilines is 1. The van der Waals surface area contributed by atoms with E-state index in [2.05, 4.69) is 10.4 Å². The van der Waals surface area contributed by atoms with Crippen LogP contribution in [0.5, 0.6) is 0 Å². The second kappa shape index (κ2) is 2.61. The van der Waals surface area contributed by atoms with Crippen molar-refractivity contribution in [3.8, 4) is 0 Å². The monoisotopic (exact) mass is 154 g/mol. The molecule has 5 nitrogen and oxygen atoms in total. The van der Waals surface area contributed by atoms with Gasteiger partial charge in [0.05, 0.1) is 11.9 Å². The summed E-state index contributed by atoms with van der Waals surface area (Å²) in [4.78, 5) is 11.1. The molecule has 0 aliphatic carbocycles. The third kappa shape index (κ3) is 1.17. The predicted molar refractivity (Wildman–Crippen MR) is 41.0 cm³/mol. The lowest BCUT2D eigenvalue weighted by molar-refractivity contribution is 0.0954. The zero-order valence-electron chi connectivity index (χ0n) is 6.46. The molecule has 0 unspecified atom stereocenters. The molecular formula is C6H10N4O. The minimum Gasteiger partial charge on any atom is -0.396 e. The van der Waals surface area contributed by atoms with Crippen LogP contribution in [0.25, 0.3) is 0 Å². The number of hydrogen-bond donors (Lipinski definition) is 2. The van der Waals surface area contributed by atoms with Crippen LogP contribution in [-0.2, 0) is 7.05 Å². The van der Waals surface area contributed by atoms with Gasteiger partial charge in [-0.1, -0.05) is 0 Å². The lowest BCUT2D eigenvalue weighted by atomic mass is 10.3. The van der Waals surface area contributed by atoms with Crippen molar-refractivity contribution < 1.29 is 4.79 Å². The smallest absolute Gasteiger partial charge is 0.271 e. The number of aromatic nitrogens is 2. The molecule has 0 aromatic carbocycles. The molecule has 5 heteroatoms. The van der Waals surface area contributed by atoms with E-state index in [4.69, 9.17) is 5.73 Å². The molecule has 1 heterocycles. The highest BCUT2D eigenvalue weighted by atomic mass is 16.1. The van der Waals surface area contributed by atoms with Crippen LogP contribution in [0.4, 0.5) is 5.69 Å². The summed E-state index contributed by atoms with van der Waals surface area (Å²) in [5.74, 6) is -0.220. The number of nitrogens with two attached hydrogens (primary N) is 1. The fraction of sp³-hybridized carbons (Fsp3) is 0.333. The van der Waals surface area contributed by atoms with E-state index in [-0.39, 0.29) is 5.91 Å². The third-order valence-electron chi connectivity index (χ3n) is 1.41. The van der Waals surface area contributed by atoms with Gasteiger partial charge in [-0.15, -0.1) is 0 Å². The molecule has 0 spiro atoms. The van der Waals surface area contributed by atoms with Gasteiger partial charge in [-0.25, -0.2) is 0 Å². The standard InChI is InChI=1S/C6H10N4O/c1-8-6(11)5-4(7)3-9-10(5)2/h3H,7H2,1-2H3,(H,8,11). The highest BCUT2D eigenvalue weighted by Crippen LogP contribution is 2.07. The molecule has 60 valence electrons. The van der Waals surface area contributed by atoms with Crippen LogP contribution in [0.15, 0.2) is 6.20 Å². The molecule has 0 saturated heterocycles. The summed E-state index contributed by atoms with van der Waals surface area (Å²) in [6.07, 6.45) is 1.45. The maximum Gasteiger partial charge on any atom is 0.271 e. The Bertz CT molecular complexity index is 259. The lowest BCUT2D eigenvalue weighted by Gasteiger charge is -1.99. The Labute approximate surface area is 64.2 Å². The first-order valence-corrected chi connectivity index (χ1v) is 3.16. The Hall–Kier alpha value is -1.52. The molecule has 3 N–H and O–H groups in total. The number of amides is 1. The first kappa shape index (κ1) is 7.59. The molecule has 1 rings (SSSR count). The number of nitrogens with zero attached hydrogens (tertiary/aromatic N) is 2. The van der Waals surface area contributed by atoms with Crippen molar-refractivity contribution in [3.63, 3.8) is 0 Å². The number of carbonyl (C=O) groups is 1. The first-order valence-electron chi connectivity index (χ1n) is 3.16. The van der Waals surface area contributed by atoms with E-state index in [1.165, 1.54) is 10.9 Å². The van der Waals surface area contributed by atoms with Gasteiger partial charge in [0.25, 0.3) is 5.91 Å². The zero-order chi connectivity index (χ0) is 8.43. The Morgan fingerprint density at radius 1 is 1.82 bits per heavy atom. The van der Waals surface area contributed by atoms with Gasteiger partial charge in [-0.05, 0) is 0 Å². The molecule has 0 saturated carbocycles. The van der Waals surface area contributed by atoms with Crippen molar-refractivity contribution >= 4 is 11.6 Å². The third-order valence-corrected chi connectivity index (χ3v) is 1.41. The number of nitrogens with one attached hydrogen (secondary N) is 1. The van der Waals surface area contributed by atoms with Crippen LogP contribution in [-0.4, -0.2) is 22.7 Å². The molecule has 0 aliphatic heterocycles. The fourth-order valence-corrected chi connectivity index (χ4v) is 0.851. The highest BCUT2D eigenvalue weighted by molar-refractivity contribution is 5.97. The molecule has 0 radical (unpaired) electrons. The van der Waals surface area contributed by atoms with Gasteiger partial charge in [-0.2, -0.15) is 5.10 Å². The minimum atomic E-state index is -0.220. The number of carbonyl (C=O) groups excluding carboxylic acids is 1. The average Bonchev–Trinajstić information content (AvgIpc) is 2.30. The highest BCUT2D eigenvalue weighted by Gasteiger charge is 2.11.